The first-order valence-corrected chi connectivity index (χ1v) is 6.81. The summed E-state index contributed by atoms with van der Waals surface area (Å²) in [5, 5.41) is 16.6. The molecule has 6 nitrogen and oxygen atoms in total. The van der Waals surface area contributed by atoms with Crippen LogP contribution in [0.5, 0.6) is 0 Å². The SMILES string of the molecule is C=C(Nn1nnnc1Nc1ccccc1)c1cccs1. The number of hydrogen-bond acceptors (Lipinski definition) is 6. The number of benzene rings is 1. The number of para-hydroxylation sites is 1. The average molecular weight is 284 g/mol. The van der Waals surface area contributed by atoms with Crippen LogP contribution in [-0.2, 0) is 0 Å². The van der Waals surface area contributed by atoms with E-state index in [0.717, 1.165) is 16.3 Å². The van der Waals surface area contributed by atoms with Gasteiger partial charge in [-0.3, -0.25) is 5.43 Å². The molecule has 1 aromatic carbocycles. The highest BCUT2D eigenvalue weighted by Gasteiger charge is 2.08. The van der Waals surface area contributed by atoms with Gasteiger partial charge >= 0.3 is 0 Å². The van der Waals surface area contributed by atoms with Crippen molar-refractivity contribution in [2.75, 3.05) is 10.7 Å². The van der Waals surface area contributed by atoms with Gasteiger partial charge in [0.1, 0.15) is 0 Å². The van der Waals surface area contributed by atoms with Gasteiger partial charge in [-0.15, -0.1) is 16.1 Å². The molecule has 0 aliphatic carbocycles. The zero-order valence-electron chi connectivity index (χ0n) is 10.5. The molecule has 0 aliphatic rings. The maximum atomic E-state index is 3.98. The van der Waals surface area contributed by atoms with Crippen LogP contribution in [0.2, 0.25) is 0 Å². The lowest BCUT2D eigenvalue weighted by Gasteiger charge is -2.10. The number of aromatic nitrogens is 4. The molecule has 0 atom stereocenters. The van der Waals surface area contributed by atoms with Crippen molar-refractivity contribution in [1.29, 1.82) is 0 Å². The zero-order chi connectivity index (χ0) is 13.8. The van der Waals surface area contributed by atoms with E-state index in [1.54, 1.807) is 11.3 Å². The van der Waals surface area contributed by atoms with E-state index < -0.39 is 0 Å². The van der Waals surface area contributed by atoms with Crippen molar-refractivity contribution in [1.82, 2.24) is 20.3 Å². The van der Waals surface area contributed by atoms with Gasteiger partial charge in [-0.1, -0.05) is 35.9 Å². The minimum absolute atomic E-state index is 0.494. The molecule has 0 aliphatic heterocycles. The molecule has 0 unspecified atom stereocenters. The second-order valence-electron chi connectivity index (χ2n) is 3.97. The summed E-state index contributed by atoms with van der Waals surface area (Å²) in [6.07, 6.45) is 0. The fourth-order valence-corrected chi connectivity index (χ4v) is 2.27. The van der Waals surface area contributed by atoms with Crippen LogP contribution in [0.4, 0.5) is 11.6 Å². The Morgan fingerprint density at radius 3 is 2.75 bits per heavy atom. The van der Waals surface area contributed by atoms with Crippen LogP contribution in [0.1, 0.15) is 4.88 Å². The van der Waals surface area contributed by atoms with Gasteiger partial charge in [0.05, 0.1) is 10.6 Å². The van der Waals surface area contributed by atoms with E-state index in [4.69, 9.17) is 0 Å². The van der Waals surface area contributed by atoms with Crippen LogP contribution in [0.25, 0.3) is 5.70 Å². The van der Waals surface area contributed by atoms with Crippen molar-refractivity contribution in [2.45, 2.75) is 0 Å². The minimum atomic E-state index is 0.494. The summed E-state index contributed by atoms with van der Waals surface area (Å²) >= 11 is 1.60. The van der Waals surface area contributed by atoms with Gasteiger partial charge in [0.15, 0.2) is 0 Å². The Morgan fingerprint density at radius 2 is 2.00 bits per heavy atom. The number of nitrogens with one attached hydrogen (secondary N) is 2. The first kappa shape index (κ1) is 12.4. The van der Waals surface area contributed by atoms with Crippen molar-refractivity contribution in [2.24, 2.45) is 0 Å². The number of anilines is 2. The largest absolute Gasteiger partial charge is 0.322 e. The predicted molar refractivity (Wildman–Crippen MR) is 80.3 cm³/mol. The predicted octanol–water partition coefficient (Wildman–Crippen LogP) is 2.69. The molecular formula is C13H12N6S. The van der Waals surface area contributed by atoms with E-state index in [9.17, 15) is 0 Å². The Balaban J connectivity index is 1.75. The van der Waals surface area contributed by atoms with E-state index in [-0.39, 0.29) is 0 Å². The second kappa shape index (κ2) is 5.54. The van der Waals surface area contributed by atoms with Gasteiger partial charge in [0.2, 0.25) is 0 Å². The summed E-state index contributed by atoms with van der Waals surface area (Å²) in [4.78, 5) is 2.49. The van der Waals surface area contributed by atoms with Gasteiger partial charge in [0, 0.05) is 5.69 Å². The van der Waals surface area contributed by atoms with Crippen LogP contribution >= 0.6 is 11.3 Å². The minimum Gasteiger partial charge on any atom is -0.322 e. The Morgan fingerprint density at radius 1 is 1.15 bits per heavy atom. The summed E-state index contributed by atoms with van der Waals surface area (Å²) in [6.45, 7) is 3.98. The standard InChI is InChI=1S/C13H12N6S/c1-10(12-8-5-9-20-12)16-19-13(15-17-18-19)14-11-6-3-2-4-7-11/h2-9,16H,1H2,(H,14,15,18). The Bertz CT molecular complexity index is 689. The van der Waals surface area contributed by atoms with Crippen molar-refractivity contribution in [3.63, 3.8) is 0 Å². The highest BCUT2D eigenvalue weighted by atomic mass is 32.1. The Hall–Kier alpha value is -2.67. The van der Waals surface area contributed by atoms with Gasteiger partial charge in [-0.2, -0.15) is 0 Å². The number of thiophene rings is 1. The van der Waals surface area contributed by atoms with Crippen LogP contribution in [0, 0.1) is 0 Å². The molecule has 0 fully saturated rings. The topological polar surface area (TPSA) is 67.7 Å². The second-order valence-corrected chi connectivity index (χ2v) is 4.92. The molecule has 2 aromatic heterocycles. The lowest BCUT2D eigenvalue weighted by atomic mass is 10.3. The van der Waals surface area contributed by atoms with Crippen molar-refractivity contribution in [3.8, 4) is 0 Å². The van der Waals surface area contributed by atoms with E-state index in [2.05, 4.69) is 32.8 Å². The lowest BCUT2D eigenvalue weighted by Crippen LogP contribution is -2.16. The normalized spacial score (nSPS) is 10.2. The van der Waals surface area contributed by atoms with Gasteiger partial charge in [-0.25, -0.2) is 0 Å². The summed E-state index contributed by atoms with van der Waals surface area (Å²) in [5.41, 5.74) is 4.70. The first-order valence-electron chi connectivity index (χ1n) is 5.93. The zero-order valence-corrected chi connectivity index (χ0v) is 11.3. The van der Waals surface area contributed by atoms with E-state index in [1.165, 1.54) is 4.79 Å². The maximum absolute atomic E-state index is 3.98. The van der Waals surface area contributed by atoms with Gasteiger partial charge < -0.3 is 5.32 Å². The number of tetrazole rings is 1. The van der Waals surface area contributed by atoms with Gasteiger partial charge in [0.25, 0.3) is 5.95 Å². The first-order chi connectivity index (χ1) is 9.83. The van der Waals surface area contributed by atoms with Crippen LogP contribution in [-0.4, -0.2) is 20.3 Å². The highest BCUT2D eigenvalue weighted by Crippen LogP contribution is 2.18. The smallest absolute Gasteiger partial charge is 0.267 e. The molecule has 0 amide bonds. The molecule has 0 saturated heterocycles. The summed E-state index contributed by atoms with van der Waals surface area (Å²) in [6, 6.07) is 13.7. The molecule has 2 heterocycles. The molecule has 0 saturated carbocycles. The third-order valence-corrected chi connectivity index (χ3v) is 3.49. The number of hydrogen-bond donors (Lipinski definition) is 2. The molecule has 100 valence electrons. The number of nitrogens with zero attached hydrogens (tertiary/aromatic N) is 4. The molecule has 2 N–H and O–H groups in total. The monoisotopic (exact) mass is 284 g/mol. The highest BCUT2D eigenvalue weighted by molar-refractivity contribution is 7.11. The lowest BCUT2D eigenvalue weighted by molar-refractivity contribution is 0.745. The third-order valence-electron chi connectivity index (χ3n) is 2.56. The molecule has 0 spiro atoms. The van der Waals surface area contributed by atoms with Crippen molar-refractivity contribution >= 4 is 28.7 Å². The average Bonchev–Trinajstić information content (AvgIpc) is 3.12. The quantitative estimate of drug-likeness (QED) is 0.754. The Labute approximate surface area is 119 Å². The van der Waals surface area contributed by atoms with Gasteiger partial charge in [-0.05, 0) is 34.0 Å². The molecule has 0 radical (unpaired) electrons. The molecule has 3 aromatic rings. The molecule has 20 heavy (non-hydrogen) atoms. The maximum Gasteiger partial charge on any atom is 0.267 e. The van der Waals surface area contributed by atoms with Crippen LogP contribution < -0.4 is 10.7 Å². The number of rotatable bonds is 5. The van der Waals surface area contributed by atoms with E-state index in [0.29, 0.717) is 5.95 Å². The van der Waals surface area contributed by atoms with Crippen molar-refractivity contribution < 1.29 is 0 Å². The molecule has 3 rings (SSSR count). The third kappa shape index (κ3) is 2.67. The summed E-state index contributed by atoms with van der Waals surface area (Å²) < 4.78 is 0. The van der Waals surface area contributed by atoms with Crippen LogP contribution in [0.15, 0.2) is 54.4 Å². The molecule has 0 bridgehead atoms. The summed E-state index contributed by atoms with van der Waals surface area (Å²) in [7, 11) is 0. The van der Waals surface area contributed by atoms with Crippen LogP contribution in [0.3, 0.4) is 0 Å². The van der Waals surface area contributed by atoms with Crippen molar-refractivity contribution in [3.05, 3.63) is 59.3 Å². The summed E-state index contributed by atoms with van der Waals surface area (Å²) in [5.74, 6) is 0.494. The Kier molecular flexibility index (Phi) is 3.42. The fourth-order valence-electron chi connectivity index (χ4n) is 1.62. The van der Waals surface area contributed by atoms with E-state index in [1.807, 2.05) is 47.8 Å². The van der Waals surface area contributed by atoms with E-state index >= 15 is 0 Å². The fraction of sp³-hybridized carbons (Fsp3) is 0. The molecule has 7 heteroatoms. The molecular weight excluding hydrogens is 272 g/mol.